The van der Waals surface area contributed by atoms with Crippen LogP contribution in [0, 0.1) is 0 Å². The van der Waals surface area contributed by atoms with E-state index in [1.807, 2.05) is 0 Å². The molecular formula is C16H20O7. The molecule has 0 aliphatic carbocycles. The van der Waals surface area contributed by atoms with Crippen LogP contribution in [0.15, 0.2) is 24.3 Å². The van der Waals surface area contributed by atoms with Crippen molar-refractivity contribution in [3.8, 4) is 5.75 Å². The monoisotopic (exact) mass is 324 g/mol. The summed E-state index contributed by atoms with van der Waals surface area (Å²) in [5.74, 6) is -1.50. The van der Waals surface area contributed by atoms with Crippen LogP contribution in [-0.4, -0.2) is 37.7 Å². The summed E-state index contributed by atoms with van der Waals surface area (Å²) in [6, 6.07) is 6.51. The zero-order valence-corrected chi connectivity index (χ0v) is 13.5. The van der Waals surface area contributed by atoms with Crippen LogP contribution in [0.5, 0.6) is 5.75 Å². The fraction of sp³-hybridized carbons (Fsp3) is 0.438. The van der Waals surface area contributed by atoms with E-state index in [0.717, 1.165) is 6.92 Å². The summed E-state index contributed by atoms with van der Waals surface area (Å²) in [6.07, 6.45) is -2.49. The van der Waals surface area contributed by atoms with Crippen molar-refractivity contribution in [2.75, 3.05) is 13.7 Å². The molecule has 0 unspecified atom stereocenters. The normalized spacial score (nSPS) is 12.7. The highest BCUT2D eigenvalue weighted by Gasteiger charge is 2.36. The third-order valence-electron chi connectivity index (χ3n) is 2.82. The van der Waals surface area contributed by atoms with Crippen LogP contribution >= 0.6 is 0 Å². The third kappa shape index (κ3) is 5.61. The first-order chi connectivity index (χ1) is 10.9. The van der Waals surface area contributed by atoms with Gasteiger partial charge in [0.2, 0.25) is 6.10 Å². The fourth-order valence-corrected chi connectivity index (χ4v) is 1.91. The van der Waals surface area contributed by atoms with Crippen molar-refractivity contribution in [3.05, 3.63) is 29.8 Å². The van der Waals surface area contributed by atoms with E-state index in [4.69, 9.17) is 18.9 Å². The Labute approximate surface area is 134 Å². The number of carbonyl (C=O) groups excluding carboxylic acids is 3. The zero-order chi connectivity index (χ0) is 17.4. The van der Waals surface area contributed by atoms with Gasteiger partial charge < -0.3 is 18.9 Å². The number of ether oxygens (including phenoxy) is 4. The lowest BCUT2D eigenvalue weighted by Gasteiger charge is -2.25. The average molecular weight is 324 g/mol. The summed E-state index contributed by atoms with van der Waals surface area (Å²) < 4.78 is 20.2. The van der Waals surface area contributed by atoms with Gasteiger partial charge >= 0.3 is 17.9 Å². The molecule has 7 nitrogen and oxygen atoms in total. The van der Waals surface area contributed by atoms with Crippen LogP contribution in [0.25, 0.3) is 0 Å². The highest BCUT2D eigenvalue weighted by molar-refractivity contribution is 5.80. The third-order valence-corrected chi connectivity index (χ3v) is 2.82. The summed E-state index contributed by atoms with van der Waals surface area (Å²) in [6.45, 7) is 4.08. The Kier molecular flexibility index (Phi) is 7.05. The maximum absolute atomic E-state index is 12.1. The predicted octanol–water partition coefficient (Wildman–Crippen LogP) is 1.79. The molecule has 7 heteroatoms. The van der Waals surface area contributed by atoms with Crippen LogP contribution in [0.1, 0.15) is 32.4 Å². The molecule has 0 saturated heterocycles. The van der Waals surface area contributed by atoms with Gasteiger partial charge in [0.25, 0.3) is 0 Å². The molecule has 23 heavy (non-hydrogen) atoms. The van der Waals surface area contributed by atoms with Crippen molar-refractivity contribution in [2.45, 2.75) is 33.0 Å². The van der Waals surface area contributed by atoms with E-state index in [9.17, 15) is 14.4 Å². The van der Waals surface area contributed by atoms with Gasteiger partial charge in [-0.2, -0.15) is 0 Å². The first kappa shape index (κ1) is 18.5. The van der Waals surface area contributed by atoms with E-state index >= 15 is 0 Å². The maximum Gasteiger partial charge on any atom is 0.351 e. The second-order valence-electron chi connectivity index (χ2n) is 4.59. The maximum atomic E-state index is 12.1. The molecule has 0 saturated carbocycles. The van der Waals surface area contributed by atoms with Gasteiger partial charge in [0, 0.05) is 13.8 Å². The molecule has 0 heterocycles. The Bertz CT molecular complexity index is 550. The second kappa shape index (κ2) is 8.77. The SMILES string of the molecule is CCOC(=O)[C@H](OC(C)=O)[C@@H](OC(C)=O)c1ccc(OC)cc1. The molecule has 0 aromatic heterocycles. The average Bonchev–Trinajstić information content (AvgIpc) is 2.50. The standard InChI is InChI=1S/C16H20O7/c1-5-21-16(19)15(23-11(3)18)14(22-10(2)17)12-6-8-13(20-4)9-7-12/h6-9,14-15H,5H2,1-4H3/t14-,15+/m0/s1. The Hall–Kier alpha value is -2.57. The topological polar surface area (TPSA) is 88.1 Å². The molecule has 0 radical (unpaired) electrons. The molecule has 1 aromatic rings. The van der Waals surface area contributed by atoms with E-state index in [-0.39, 0.29) is 6.61 Å². The van der Waals surface area contributed by atoms with Gasteiger partial charge in [-0.1, -0.05) is 12.1 Å². The number of hydrogen-bond acceptors (Lipinski definition) is 7. The lowest BCUT2D eigenvalue weighted by atomic mass is 10.0. The van der Waals surface area contributed by atoms with Gasteiger partial charge in [0.1, 0.15) is 5.75 Å². The molecule has 0 fully saturated rings. The van der Waals surface area contributed by atoms with Gasteiger partial charge in [0.15, 0.2) is 6.10 Å². The molecule has 0 aliphatic rings. The summed E-state index contributed by atoms with van der Waals surface area (Å²) in [5.41, 5.74) is 0.473. The van der Waals surface area contributed by atoms with Crippen LogP contribution in [0.4, 0.5) is 0 Å². The molecule has 0 N–H and O–H groups in total. The minimum atomic E-state index is -1.38. The van der Waals surface area contributed by atoms with Crippen molar-refractivity contribution in [1.29, 1.82) is 0 Å². The largest absolute Gasteiger partial charge is 0.497 e. The fourth-order valence-electron chi connectivity index (χ4n) is 1.91. The van der Waals surface area contributed by atoms with Crippen molar-refractivity contribution < 1.29 is 33.3 Å². The van der Waals surface area contributed by atoms with E-state index in [0.29, 0.717) is 11.3 Å². The summed E-state index contributed by atoms with van der Waals surface area (Å²) in [5, 5.41) is 0. The lowest BCUT2D eigenvalue weighted by Crippen LogP contribution is -2.36. The van der Waals surface area contributed by atoms with Crippen LogP contribution < -0.4 is 4.74 Å². The van der Waals surface area contributed by atoms with Crippen LogP contribution in [0.2, 0.25) is 0 Å². The van der Waals surface area contributed by atoms with Crippen LogP contribution in [0.3, 0.4) is 0 Å². The molecular weight excluding hydrogens is 304 g/mol. The molecule has 1 aromatic carbocycles. The molecule has 0 amide bonds. The van der Waals surface area contributed by atoms with E-state index < -0.39 is 30.1 Å². The number of benzene rings is 1. The second-order valence-corrected chi connectivity index (χ2v) is 4.59. The Morgan fingerprint density at radius 2 is 1.57 bits per heavy atom. The van der Waals surface area contributed by atoms with Gasteiger partial charge in [-0.05, 0) is 24.6 Å². The summed E-state index contributed by atoms with van der Waals surface area (Å²) in [7, 11) is 1.51. The molecule has 1 rings (SSSR count). The quantitative estimate of drug-likeness (QED) is 0.558. The first-order valence-electron chi connectivity index (χ1n) is 7.04. The van der Waals surface area contributed by atoms with Gasteiger partial charge in [0.05, 0.1) is 13.7 Å². The molecule has 126 valence electrons. The highest BCUT2D eigenvalue weighted by Crippen LogP contribution is 2.27. The summed E-state index contributed by atoms with van der Waals surface area (Å²) >= 11 is 0. The van der Waals surface area contributed by atoms with Gasteiger partial charge in [-0.25, -0.2) is 4.79 Å². The number of carbonyl (C=O) groups is 3. The number of rotatable bonds is 7. The molecule has 2 atom stereocenters. The first-order valence-corrected chi connectivity index (χ1v) is 7.04. The summed E-state index contributed by atoms with van der Waals surface area (Å²) in [4.78, 5) is 34.8. The minimum Gasteiger partial charge on any atom is -0.497 e. The van der Waals surface area contributed by atoms with Crippen LogP contribution in [-0.2, 0) is 28.6 Å². The molecule has 0 bridgehead atoms. The zero-order valence-electron chi connectivity index (χ0n) is 13.5. The number of hydrogen-bond donors (Lipinski definition) is 0. The number of esters is 3. The Morgan fingerprint density at radius 1 is 1.00 bits per heavy atom. The van der Waals surface area contributed by atoms with Crippen molar-refractivity contribution in [3.63, 3.8) is 0 Å². The van der Waals surface area contributed by atoms with Gasteiger partial charge in [-0.3, -0.25) is 9.59 Å². The van der Waals surface area contributed by atoms with Crippen molar-refractivity contribution >= 4 is 17.9 Å². The van der Waals surface area contributed by atoms with E-state index in [1.165, 1.54) is 14.0 Å². The van der Waals surface area contributed by atoms with E-state index in [2.05, 4.69) is 0 Å². The minimum absolute atomic E-state index is 0.103. The highest BCUT2D eigenvalue weighted by atomic mass is 16.6. The van der Waals surface area contributed by atoms with E-state index in [1.54, 1.807) is 31.2 Å². The Balaban J connectivity index is 3.18. The van der Waals surface area contributed by atoms with Crippen molar-refractivity contribution in [1.82, 2.24) is 0 Å². The lowest BCUT2D eigenvalue weighted by molar-refractivity contribution is -0.181. The molecule has 0 spiro atoms. The Morgan fingerprint density at radius 3 is 2.00 bits per heavy atom. The smallest absolute Gasteiger partial charge is 0.351 e. The van der Waals surface area contributed by atoms with Gasteiger partial charge in [-0.15, -0.1) is 0 Å². The number of methoxy groups -OCH3 is 1. The molecule has 0 aliphatic heterocycles. The van der Waals surface area contributed by atoms with Crippen molar-refractivity contribution in [2.24, 2.45) is 0 Å². The predicted molar refractivity (Wildman–Crippen MR) is 79.7 cm³/mol.